The molecular weight excluding hydrogens is 220 g/mol. The number of hydrogen-bond donors (Lipinski definition) is 2. The highest BCUT2D eigenvalue weighted by Crippen LogP contribution is 2.03. The molecule has 2 amide bonds. The van der Waals surface area contributed by atoms with Gasteiger partial charge in [-0.05, 0) is 27.2 Å². The van der Waals surface area contributed by atoms with E-state index in [1.807, 2.05) is 13.8 Å². The molecule has 0 rings (SSSR count). The number of carbonyl (C=O) groups excluding carboxylic acids is 1. The summed E-state index contributed by atoms with van der Waals surface area (Å²) in [5.41, 5.74) is 0. The number of carbonyl (C=O) groups is 2. The van der Waals surface area contributed by atoms with Gasteiger partial charge in [0.15, 0.2) is 0 Å². The quantitative estimate of drug-likeness (QED) is 0.687. The molecule has 0 fully saturated rings. The molecule has 0 saturated carbocycles. The van der Waals surface area contributed by atoms with E-state index in [4.69, 9.17) is 11.5 Å². The van der Waals surface area contributed by atoms with Gasteiger partial charge in [0, 0.05) is 19.0 Å². The molecule has 0 radical (unpaired) electrons. The van der Waals surface area contributed by atoms with Crippen LogP contribution in [-0.2, 0) is 4.79 Å². The van der Waals surface area contributed by atoms with Gasteiger partial charge in [-0.3, -0.25) is 4.79 Å². The van der Waals surface area contributed by atoms with Gasteiger partial charge in [0.1, 0.15) is 0 Å². The van der Waals surface area contributed by atoms with Crippen LogP contribution in [-0.4, -0.2) is 40.6 Å². The molecule has 0 bridgehead atoms. The highest BCUT2D eigenvalue weighted by molar-refractivity contribution is 5.75. The molecule has 0 aromatic carbocycles. The van der Waals surface area contributed by atoms with Crippen LogP contribution >= 0.6 is 0 Å². The van der Waals surface area contributed by atoms with Gasteiger partial charge in [-0.2, -0.15) is 0 Å². The van der Waals surface area contributed by atoms with Gasteiger partial charge in [0.2, 0.25) is 0 Å². The van der Waals surface area contributed by atoms with Crippen molar-refractivity contribution in [3.05, 3.63) is 0 Å². The number of carboxylic acids is 1. The molecule has 0 spiro atoms. The number of urea groups is 1. The Hall–Kier alpha value is -1.70. The van der Waals surface area contributed by atoms with Crippen LogP contribution in [0.3, 0.4) is 0 Å². The minimum atomic E-state index is -0.855. The highest BCUT2D eigenvalue weighted by atomic mass is 16.4. The van der Waals surface area contributed by atoms with Gasteiger partial charge < -0.3 is 15.3 Å². The first-order valence-electron chi connectivity index (χ1n) is 5.63. The third-order valence-corrected chi connectivity index (χ3v) is 2.26. The first-order valence-corrected chi connectivity index (χ1v) is 5.63. The number of rotatable bonds is 6. The molecule has 1 atom stereocenters. The molecule has 2 N–H and O–H groups in total. The summed E-state index contributed by atoms with van der Waals surface area (Å²) in [7, 11) is 0. The lowest BCUT2D eigenvalue weighted by Gasteiger charge is -2.27. The molecule has 0 aromatic rings. The SMILES string of the molecule is C#CC(C)NC(=O)N(CCCC(=O)O)C(C)C. The number of amides is 2. The fourth-order valence-electron chi connectivity index (χ4n) is 1.30. The van der Waals surface area contributed by atoms with Crippen LogP contribution in [0.4, 0.5) is 4.79 Å². The number of nitrogens with one attached hydrogen (secondary N) is 1. The maximum absolute atomic E-state index is 11.8. The Morgan fingerprint density at radius 3 is 2.41 bits per heavy atom. The molecule has 0 saturated heterocycles. The summed E-state index contributed by atoms with van der Waals surface area (Å²) < 4.78 is 0. The average molecular weight is 240 g/mol. The normalized spacial score (nSPS) is 11.7. The Bertz CT molecular complexity index is 307. The fraction of sp³-hybridized carbons (Fsp3) is 0.667. The van der Waals surface area contributed by atoms with Crippen LogP contribution in [0.2, 0.25) is 0 Å². The molecule has 17 heavy (non-hydrogen) atoms. The maximum Gasteiger partial charge on any atom is 0.318 e. The van der Waals surface area contributed by atoms with E-state index >= 15 is 0 Å². The molecule has 0 aliphatic carbocycles. The lowest BCUT2D eigenvalue weighted by molar-refractivity contribution is -0.137. The van der Waals surface area contributed by atoms with Gasteiger partial charge in [0.05, 0.1) is 6.04 Å². The van der Waals surface area contributed by atoms with Crippen molar-refractivity contribution in [3.8, 4) is 12.3 Å². The summed E-state index contributed by atoms with van der Waals surface area (Å²) in [5.74, 6) is 1.56. The molecular formula is C12H20N2O3. The Labute approximate surface area is 102 Å². The first kappa shape index (κ1) is 15.3. The lowest BCUT2D eigenvalue weighted by Crippen LogP contribution is -2.47. The van der Waals surface area contributed by atoms with Crippen molar-refractivity contribution < 1.29 is 14.7 Å². The number of carboxylic acid groups (broad SMARTS) is 1. The third kappa shape index (κ3) is 6.46. The van der Waals surface area contributed by atoms with Crippen LogP contribution in [0.15, 0.2) is 0 Å². The minimum Gasteiger partial charge on any atom is -0.481 e. The van der Waals surface area contributed by atoms with Gasteiger partial charge in [-0.15, -0.1) is 6.42 Å². The first-order chi connectivity index (χ1) is 7.88. The monoisotopic (exact) mass is 240 g/mol. The van der Waals surface area contributed by atoms with Crippen LogP contribution < -0.4 is 5.32 Å². The van der Waals surface area contributed by atoms with Crippen molar-refractivity contribution >= 4 is 12.0 Å². The van der Waals surface area contributed by atoms with Crippen LogP contribution in [0.5, 0.6) is 0 Å². The summed E-state index contributed by atoms with van der Waals surface area (Å²) in [6.07, 6.45) is 5.67. The zero-order valence-electron chi connectivity index (χ0n) is 10.6. The molecule has 5 nitrogen and oxygen atoms in total. The Kier molecular flexibility index (Phi) is 6.80. The van der Waals surface area contributed by atoms with Gasteiger partial charge in [-0.25, -0.2) is 4.79 Å². The van der Waals surface area contributed by atoms with Crippen LogP contribution in [0.25, 0.3) is 0 Å². The molecule has 0 aliphatic rings. The second kappa shape index (κ2) is 7.55. The summed E-state index contributed by atoms with van der Waals surface area (Å²) in [6.45, 7) is 5.88. The molecule has 0 aromatic heterocycles. The lowest BCUT2D eigenvalue weighted by atomic mass is 10.2. The van der Waals surface area contributed by atoms with Gasteiger partial charge in [-0.1, -0.05) is 5.92 Å². The largest absolute Gasteiger partial charge is 0.481 e. The van der Waals surface area contributed by atoms with Crippen molar-refractivity contribution in [2.45, 2.75) is 45.7 Å². The zero-order chi connectivity index (χ0) is 13.4. The second-order valence-electron chi connectivity index (χ2n) is 4.12. The van der Waals surface area contributed by atoms with Crippen molar-refractivity contribution in [1.29, 1.82) is 0 Å². The summed E-state index contributed by atoms with van der Waals surface area (Å²) in [5, 5.41) is 11.2. The average Bonchev–Trinajstić information content (AvgIpc) is 2.22. The minimum absolute atomic E-state index is 0.00812. The number of aliphatic carboxylic acids is 1. The molecule has 0 aliphatic heterocycles. The van der Waals surface area contributed by atoms with Gasteiger partial charge >= 0.3 is 12.0 Å². The number of terminal acetylenes is 1. The maximum atomic E-state index is 11.8. The van der Waals surface area contributed by atoms with Crippen molar-refractivity contribution in [2.75, 3.05) is 6.54 Å². The predicted molar refractivity (Wildman–Crippen MR) is 65.5 cm³/mol. The van der Waals surface area contributed by atoms with E-state index in [1.54, 1.807) is 11.8 Å². The Morgan fingerprint density at radius 1 is 1.41 bits per heavy atom. The Balaban J connectivity index is 4.28. The second-order valence-corrected chi connectivity index (χ2v) is 4.12. The van der Waals surface area contributed by atoms with Crippen LogP contribution in [0.1, 0.15) is 33.6 Å². The number of hydrogen-bond acceptors (Lipinski definition) is 2. The zero-order valence-corrected chi connectivity index (χ0v) is 10.6. The molecule has 96 valence electrons. The third-order valence-electron chi connectivity index (χ3n) is 2.26. The number of nitrogens with zero attached hydrogens (tertiary/aromatic N) is 1. The van der Waals surface area contributed by atoms with E-state index in [2.05, 4.69) is 11.2 Å². The van der Waals surface area contributed by atoms with Crippen molar-refractivity contribution in [3.63, 3.8) is 0 Å². The summed E-state index contributed by atoms with van der Waals surface area (Å²) >= 11 is 0. The van der Waals surface area contributed by atoms with E-state index < -0.39 is 5.97 Å². The fourth-order valence-corrected chi connectivity index (χ4v) is 1.30. The molecule has 5 heteroatoms. The highest BCUT2D eigenvalue weighted by Gasteiger charge is 2.17. The van der Waals surface area contributed by atoms with E-state index in [9.17, 15) is 9.59 Å². The van der Waals surface area contributed by atoms with E-state index in [0.29, 0.717) is 13.0 Å². The molecule has 0 heterocycles. The van der Waals surface area contributed by atoms with E-state index in [0.717, 1.165) is 0 Å². The van der Waals surface area contributed by atoms with Gasteiger partial charge in [0.25, 0.3) is 0 Å². The standard InChI is InChI=1S/C12H20N2O3/c1-5-10(4)13-12(17)14(9(2)3)8-6-7-11(15)16/h1,9-10H,6-8H2,2-4H3,(H,13,17)(H,15,16). The van der Waals surface area contributed by atoms with E-state index in [1.165, 1.54) is 0 Å². The smallest absolute Gasteiger partial charge is 0.318 e. The van der Waals surface area contributed by atoms with E-state index in [-0.39, 0.29) is 24.5 Å². The summed E-state index contributed by atoms with van der Waals surface area (Å²) in [6, 6.07) is -0.576. The van der Waals surface area contributed by atoms with Crippen molar-refractivity contribution in [1.82, 2.24) is 10.2 Å². The molecule has 1 unspecified atom stereocenters. The predicted octanol–water partition coefficient (Wildman–Crippen LogP) is 1.29. The van der Waals surface area contributed by atoms with Crippen LogP contribution in [0, 0.1) is 12.3 Å². The topological polar surface area (TPSA) is 69.6 Å². The summed E-state index contributed by atoms with van der Waals surface area (Å²) in [4.78, 5) is 23.8. The van der Waals surface area contributed by atoms with Crippen molar-refractivity contribution in [2.24, 2.45) is 0 Å². The Morgan fingerprint density at radius 2 is 2.00 bits per heavy atom.